The van der Waals surface area contributed by atoms with E-state index in [-0.39, 0.29) is 17.4 Å². The highest BCUT2D eigenvalue weighted by Gasteiger charge is 2.45. The van der Waals surface area contributed by atoms with Crippen LogP contribution in [0.25, 0.3) is 21.9 Å². The molecule has 12 nitrogen and oxygen atoms in total. The van der Waals surface area contributed by atoms with Crippen LogP contribution in [0.15, 0.2) is 64.8 Å². The summed E-state index contributed by atoms with van der Waals surface area (Å²) in [5.74, 6) is -0.622. The summed E-state index contributed by atoms with van der Waals surface area (Å²) in [4.78, 5) is 32.6. The molecule has 0 spiro atoms. The molecule has 294 valence electrons. The summed E-state index contributed by atoms with van der Waals surface area (Å²) in [5.41, 5.74) is 4.69. The van der Waals surface area contributed by atoms with Crippen LogP contribution in [0.2, 0.25) is 0 Å². The summed E-state index contributed by atoms with van der Waals surface area (Å²) in [7, 11) is 2.17. The van der Waals surface area contributed by atoms with Crippen molar-refractivity contribution in [3.63, 3.8) is 0 Å². The number of H-pyrrole nitrogens is 1. The minimum absolute atomic E-state index is 0.0316. The first kappa shape index (κ1) is 38.4. The van der Waals surface area contributed by atoms with Crippen molar-refractivity contribution in [2.45, 2.75) is 95.2 Å². The zero-order chi connectivity index (χ0) is 39.0. The second-order valence-corrected chi connectivity index (χ2v) is 17.5. The number of nitrogens with zero attached hydrogens (tertiary/aromatic N) is 4. The number of hydrogen-bond acceptors (Lipinski definition) is 12. The molecule has 2 aliphatic carbocycles. The lowest BCUT2D eigenvalue weighted by Crippen LogP contribution is -2.42. The second kappa shape index (κ2) is 16.2. The SMILES string of the molecule is Cc1ccc([C@](O)(C(=O)O[C@H]2CC[C@H](N(C)CCCn3nnc4cc(CNC[C@H](O)c5ccc(O)c6[nH]c(=O)ccc56)c5c(c43)CCC5)CC2)c2cccs2)s1. The average molecular weight is 797 g/mol. The number of esters is 1. The van der Waals surface area contributed by atoms with Gasteiger partial charge in [-0.15, -0.1) is 27.8 Å². The molecule has 0 aliphatic heterocycles. The molecule has 5 N–H and O–H groups in total. The van der Waals surface area contributed by atoms with Crippen molar-refractivity contribution in [3.8, 4) is 5.75 Å². The van der Waals surface area contributed by atoms with Crippen molar-refractivity contribution in [1.29, 1.82) is 0 Å². The normalized spacial score (nSPS) is 18.7. The number of benzene rings is 2. The maximum absolute atomic E-state index is 13.6. The van der Waals surface area contributed by atoms with Gasteiger partial charge in [-0.05, 0) is 136 Å². The van der Waals surface area contributed by atoms with Crippen molar-refractivity contribution in [2.75, 3.05) is 20.1 Å². The number of aliphatic hydroxyl groups excluding tert-OH is 1. The Morgan fingerprint density at radius 2 is 1.93 bits per heavy atom. The number of aryl methyl sites for hydroxylation is 3. The predicted octanol–water partition coefficient (Wildman–Crippen LogP) is 5.83. The van der Waals surface area contributed by atoms with Gasteiger partial charge in [-0.1, -0.05) is 17.3 Å². The Hall–Kier alpha value is -4.44. The molecular formula is C42H48N6O6S2. The zero-order valence-corrected chi connectivity index (χ0v) is 33.3. The molecule has 0 saturated heterocycles. The fourth-order valence-corrected chi connectivity index (χ4v) is 10.4. The van der Waals surface area contributed by atoms with Gasteiger partial charge in [0.2, 0.25) is 11.2 Å². The summed E-state index contributed by atoms with van der Waals surface area (Å²) in [6, 6.07) is 16.1. The molecule has 4 heterocycles. The molecule has 2 atom stereocenters. The van der Waals surface area contributed by atoms with E-state index in [1.807, 2.05) is 30.5 Å². The van der Waals surface area contributed by atoms with Gasteiger partial charge in [-0.2, -0.15) is 0 Å². The Balaban J connectivity index is 0.843. The third kappa shape index (κ3) is 7.53. The first-order valence-electron chi connectivity index (χ1n) is 19.4. The van der Waals surface area contributed by atoms with Crippen LogP contribution in [-0.4, -0.2) is 78.4 Å². The number of aromatic nitrogens is 4. The van der Waals surface area contributed by atoms with Gasteiger partial charge in [0.15, 0.2) is 0 Å². The first-order chi connectivity index (χ1) is 27.1. The number of aromatic hydroxyl groups is 1. The zero-order valence-electron chi connectivity index (χ0n) is 31.7. The molecule has 0 amide bonds. The Labute approximate surface area is 332 Å². The molecule has 0 bridgehead atoms. The van der Waals surface area contributed by atoms with Gasteiger partial charge in [0.1, 0.15) is 17.4 Å². The van der Waals surface area contributed by atoms with E-state index in [2.05, 4.69) is 43.3 Å². The highest BCUT2D eigenvalue weighted by molar-refractivity contribution is 7.13. The molecular weight excluding hydrogens is 749 g/mol. The number of nitrogens with one attached hydrogen (secondary N) is 2. The van der Waals surface area contributed by atoms with Gasteiger partial charge in [0.25, 0.3) is 0 Å². The second-order valence-electron chi connectivity index (χ2n) is 15.2. The van der Waals surface area contributed by atoms with E-state index < -0.39 is 17.7 Å². The number of carbonyl (C=O) groups is 1. The van der Waals surface area contributed by atoms with E-state index >= 15 is 0 Å². The van der Waals surface area contributed by atoms with E-state index in [1.54, 1.807) is 18.2 Å². The molecule has 4 aromatic heterocycles. The van der Waals surface area contributed by atoms with E-state index in [9.17, 15) is 24.9 Å². The van der Waals surface area contributed by atoms with Crippen LogP contribution in [0.1, 0.15) is 81.5 Å². The minimum Gasteiger partial charge on any atom is -0.506 e. The number of pyridine rings is 1. The van der Waals surface area contributed by atoms with Crippen LogP contribution in [0.3, 0.4) is 0 Å². The van der Waals surface area contributed by atoms with E-state index in [1.165, 1.54) is 51.5 Å². The van der Waals surface area contributed by atoms with Crippen LogP contribution >= 0.6 is 22.7 Å². The lowest BCUT2D eigenvalue weighted by molar-refractivity contribution is -0.169. The summed E-state index contributed by atoms with van der Waals surface area (Å²) in [6.07, 6.45) is 6.29. The monoisotopic (exact) mass is 796 g/mol. The number of rotatable bonds is 14. The molecule has 2 aliphatic rings. The minimum atomic E-state index is -1.79. The largest absolute Gasteiger partial charge is 0.506 e. The number of fused-ring (bicyclic) bond motifs is 4. The van der Waals surface area contributed by atoms with Crippen LogP contribution in [-0.2, 0) is 41.1 Å². The van der Waals surface area contributed by atoms with Gasteiger partial charge < -0.3 is 35.3 Å². The molecule has 8 rings (SSSR count). The quantitative estimate of drug-likeness (QED) is 0.0847. The van der Waals surface area contributed by atoms with Crippen LogP contribution in [0.5, 0.6) is 5.75 Å². The predicted molar refractivity (Wildman–Crippen MR) is 218 cm³/mol. The van der Waals surface area contributed by atoms with Gasteiger partial charge in [-0.3, -0.25) is 4.79 Å². The lowest BCUT2D eigenvalue weighted by atomic mass is 9.91. The highest BCUT2D eigenvalue weighted by atomic mass is 32.1. The molecule has 2 aromatic carbocycles. The Morgan fingerprint density at radius 1 is 1.11 bits per heavy atom. The summed E-state index contributed by atoms with van der Waals surface area (Å²) in [5, 5.41) is 48.1. The number of aromatic amines is 1. The number of ether oxygens (including phenoxy) is 1. The number of phenolic OH excluding ortho intramolecular Hbond substituents is 1. The lowest BCUT2D eigenvalue weighted by Gasteiger charge is -2.35. The topological polar surface area (TPSA) is 166 Å². The van der Waals surface area contributed by atoms with Gasteiger partial charge in [0, 0.05) is 42.0 Å². The van der Waals surface area contributed by atoms with Crippen molar-refractivity contribution in [1.82, 2.24) is 30.2 Å². The third-order valence-corrected chi connectivity index (χ3v) is 13.7. The average Bonchev–Trinajstić information content (AvgIpc) is 4.03. The van der Waals surface area contributed by atoms with Crippen molar-refractivity contribution in [2.24, 2.45) is 0 Å². The molecule has 56 heavy (non-hydrogen) atoms. The summed E-state index contributed by atoms with van der Waals surface area (Å²) < 4.78 is 8.08. The molecule has 1 saturated carbocycles. The molecule has 0 unspecified atom stereocenters. The Morgan fingerprint density at radius 3 is 2.70 bits per heavy atom. The van der Waals surface area contributed by atoms with Crippen LogP contribution < -0.4 is 10.9 Å². The summed E-state index contributed by atoms with van der Waals surface area (Å²) >= 11 is 2.78. The number of carbonyl (C=O) groups excluding carboxylic acids is 1. The first-order valence-corrected chi connectivity index (χ1v) is 21.1. The fraction of sp³-hybridized carbons (Fsp3) is 0.429. The third-order valence-electron chi connectivity index (χ3n) is 11.6. The summed E-state index contributed by atoms with van der Waals surface area (Å²) in [6.45, 7) is 4.51. The van der Waals surface area contributed by atoms with Crippen molar-refractivity contribution < 1.29 is 24.9 Å². The smallest absolute Gasteiger partial charge is 0.349 e. The molecule has 6 aromatic rings. The van der Waals surface area contributed by atoms with Gasteiger partial charge >= 0.3 is 5.97 Å². The van der Waals surface area contributed by atoms with E-state index in [0.717, 1.165) is 80.4 Å². The van der Waals surface area contributed by atoms with E-state index in [4.69, 9.17) is 4.74 Å². The Bertz CT molecular complexity index is 2400. The van der Waals surface area contributed by atoms with Crippen molar-refractivity contribution in [3.05, 3.63) is 107 Å². The number of phenols is 1. The highest BCUT2D eigenvalue weighted by Crippen LogP contribution is 2.39. The van der Waals surface area contributed by atoms with Crippen LogP contribution in [0, 0.1) is 6.92 Å². The maximum Gasteiger partial charge on any atom is 0.349 e. The maximum atomic E-state index is 13.6. The van der Waals surface area contributed by atoms with E-state index in [0.29, 0.717) is 45.4 Å². The van der Waals surface area contributed by atoms with Crippen LogP contribution in [0.4, 0.5) is 0 Å². The molecule has 14 heteroatoms. The van der Waals surface area contributed by atoms with Gasteiger partial charge in [-0.25, -0.2) is 9.48 Å². The molecule has 0 radical (unpaired) electrons. The number of thiophene rings is 2. The van der Waals surface area contributed by atoms with Crippen molar-refractivity contribution >= 4 is 50.6 Å². The standard InChI is InChI=1S/C42H48N6O6S2/c1-25-9-17-37(56-25)42(53,36-8-4-21-55-36)41(52)54-28-12-10-27(11-13-28)47(2)19-5-20-48-40-32-7-3-6-29(32)26(22-33(40)45-46-48)23-43-24-35(50)30-14-16-34(49)39-31(30)15-18-38(51)44-39/h4,8-9,14-18,21-22,27-28,35,43,49-50,53H,3,5-7,10-13,19-20,23-24H2,1-2H3,(H,44,51)/t27-,28-,35-,42-/m0/s1. The number of aliphatic hydroxyl groups is 2. The molecule has 1 fully saturated rings. The van der Waals surface area contributed by atoms with Gasteiger partial charge in [0.05, 0.1) is 26.9 Å². The Kier molecular flexibility index (Phi) is 11.1. The fourth-order valence-electron chi connectivity index (χ4n) is 8.59. The number of hydrogen-bond donors (Lipinski definition) is 5.